The zero-order valence-corrected chi connectivity index (χ0v) is 11.4. The summed E-state index contributed by atoms with van der Waals surface area (Å²) in [5.74, 6) is -1.20. The largest absolute Gasteiger partial charge is 0.481 e. The number of aryl methyl sites for hydroxylation is 2. The van der Waals surface area contributed by atoms with Gasteiger partial charge >= 0.3 is 5.97 Å². The number of carbonyl (C=O) groups is 1. The van der Waals surface area contributed by atoms with Crippen molar-refractivity contribution < 1.29 is 9.90 Å². The molecule has 104 valence electrons. The van der Waals surface area contributed by atoms with Crippen LogP contribution in [-0.2, 0) is 11.3 Å². The third kappa shape index (κ3) is 2.93. The van der Waals surface area contributed by atoms with E-state index >= 15 is 0 Å². The van der Waals surface area contributed by atoms with E-state index in [4.69, 9.17) is 0 Å². The van der Waals surface area contributed by atoms with E-state index in [1.54, 1.807) is 38.1 Å². The van der Waals surface area contributed by atoms with Crippen LogP contribution in [0, 0.1) is 13.8 Å². The second-order valence-electron chi connectivity index (χ2n) is 4.70. The van der Waals surface area contributed by atoms with E-state index in [9.17, 15) is 14.7 Å². The molecule has 0 aliphatic heterocycles. The maximum Gasteiger partial charge on any atom is 0.312 e. The molecule has 2 aromatic rings. The van der Waals surface area contributed by atoms with E-state index in [-0.39, 0.29) is 12.1 Å². The molecule has 0 aliphatic carbocycles. The van der Waals surface area contributed by atoms with Crippen LogP contribution in [0.4, 0.5) is 0 Å². The topological polar surface area (TPSA) is 72.2 Å². The van der Waals surface area contributed by atoms with Gasteiger partial charge in [0, 0.05) is 18.3 Å². The molecule has 1 aromatic heterocycles. The van der Waals surface area contributed by atoms with Crippen molar-refractivity contribution in [1.29, 1.82) is 0 Å². The summed E-state index contributed by atoms with van der Waals surface area (Å²) in [5.41, 5.74) is 1.08. The van der Waals surface area contributed by atoms with Crippen LogP contribution in [-0.4, -0.2) is 20.6 Å². The lowest BCUT2D eigenvalue weighted by molar-refractivity contribution is -0.139. The standard InChI is InChI=1S/C15H16N2O3/c1-10-8-14(18)17(11(2)16-10)9-13(15(19)20)12-6-4-3-5-7-12/h3-8,13H,9H2,1-2H3,(H,19,20). The molecule has 1 unspecified atom stereocenters. The highest BCUT2D eigenvalue weighted by atomic mass is 16.4. The number of aliphatic carboxylic acids is 1. The van der Waals surface area contributed by atoms with Crippen molar-refractivity contribution in [1.82, 2.24) is 9.55 Å². The lowest BCUT2D eigenvalue weighted by Gasteiger charge is -2.16. The van der Waals surface area contributed by atoms with E-state index in [0.29, 0.717) is 17.1 Å². The molecule has 0 radical (unpaired) electrons. The highest BCUT2D eigenvalue weighted by Crippen LogP contribution is 2.18. The molecule has 1 heterocycles. The minimum atomic E-state index is -0.955. The molecule has 0 saturated heterocycles. The number of carboxylic acids is 1. The van der Waals surface area contributed by atoms with E-state index < -0.39 is 11.9 Å². The first-order valence-corrected chi connectivity index (χ1v) is 6.32. The van der Waals surface area contributed by atoms with Gasteiger partial charge in [0.1, 0.15) is 5.82 Å². The Balaban J connectivity index is 2.40. The fourth-order valence-electron chi connectivity index (χ4n) is 2.18. The van der Waals surface area contributed by atoms with Crippen molar-refractivity contribution in [2.45, 2.75) is 26.3 Å². The molecule has 1 atom stereocenters. The van der Waals surface area contributed by atoms with Crippen LogP contribution < -0.4 is 5.56 Å². The summed E-state index contributed by atoms with van der Waals surface area (Å²) in [6.07, 6.45) is 0. The Morgan fingerprint density at radius 3 is 2.50 bits per heavy atom. The SMILES string of the molecule is Cc1cc(=O)n(CC(C(=O)O)c2ccccc2)c(C)n1. The first-order chi connectivity index (χ1) is 9.49. The van der Waals surface area contributed by atoms with Crippen LogP contribution >= 0.6 is 0 Å². The van der Waals surface area contributed by atoms with Crippen LogP contribution in [0.2, 0.25) is 0 Å². The summed E-state index contributed by atoms with van der Waals surface area (Å²) < 4.78 is 1.40. The van der Waals surface area contributed by atoms with Gasteiger partial charge in [0.2, 0.25) is 0 Å². The van der Waals surface area contributed by atoms with Gasteiger partial charge in [0.25, 0.3) is 5.56 Å². The van der Waals surface area contributed by atoms with Gasteiger partial charge in [0.05, 0.1) is 5.92 Å². The van der Waals surface area contributed by atoms with Crippen molar-refractivity contribution in [3.05, 3.63) is 63.8 Å². The van der Waals surface area contributed by atoms with Crippen molar-refractivity contribution in [3.63, 3.8) is 0 Å². The molecule has 0 fully saturated rings. The molecule has 2 rings (SSSR count). The Bertz CT molecular complexity index is 677. The maximum absolute atomic E-state index is 12.0. The molecular weight excluding hydrogens is 256 g/mol. The predicted molar refractivity (Wildman–Crippen MR) is 74.8 cm³/mol. The number of aromatic nitrogens is 2. The molecule has 5 heteroatoms. The molecule has 0 spiro atoms. The normalized spacial score (nSPS) is 12.1. The lowest BCUT2D eigenvalue weighted by Crippen LogP contribution is -2.29. The summed E-state index contributed by atoms with van der Waals surface area (Å²) in [6, 6.07) is 10.3. The minimum Gasteiger partial charge on any atom is -0.481 e. The molecule has 0 bridgehead atoms. The van der Waals surface area contributed by atoms with Crippen LogP contribution in [0.25, 0.3) is 0 Å². The van der Waals surface area contributed by atoms with Gasteiger partial charge in [-0.05, 0) is 19.4 Å². The number of rotatable bonds is 4. The zero-order valence-electron chi connectivity index (χ0n) is 11.4. The average Bonchev–Trinajstić information content (AvgIpc) is 2.38. The quantitative estimate of drug-likeness (QED) is 0.920. The van der Waals surface area contributed by atoms with Crippen LogP contribution in [0.3, 0.4) is 0 Å². The van der Waals surface area contributed by atoms with Crippen molar-refractivity contribution in [3.8, 4) is 0 Å². The fourth-order valence-corrected chi connectivity index (χ4v) is 2.18. The average molecular weight is 272 g/mol. The first kappa shape index (κ1) is 14.0. The molecule has 1 N–H and O–H groups in total. The van der Waals surface area contributed by atoms with Gasteiger partial charge < -0.3 is 5.11 Å². The van der Waals surface area contributed by atoms with Gasteiger partial charge in [-0.15, -0.1) is 0 Å². The second kappa shape index (κ2) is 5.69. The second-order valence-corrected chi connectivity index (χ2v) is 4.70. The van der Waals surface area contributed by atoms with Gasteiger partial charge in [-0.25, -0.2) is 4.98 Å². The van der Waals surface area contributed by atoms with Gasteiger partial charge in [-0.1, -0.05) is 30.3 Å². The van der Waals surface area contributed by atoms with E-state index in [1.165, 1.54) is 10.6 Å². The number of benzene rings is 1. The van der Waals surface area contributed by atoms with Crippen LogP contribution in [0.15, 0.2) is 41.2 Å². The van der Waals surface area contributed by atoms with Gasteiger partial charge in [0.15, 0.2) is 0 Å². The molecule has 0 saturated carbocycles. The van der Waals surface area contributed by atoms with Crippen molar-refractivity contribution in [2.24, 2.45) is 0 Å². The lowest BCUT2D eigenvalue weighted by atomic mass is 9.99. The van der Waals surface area contributed by atoms with Gasteiger partial charge in [-0.2, -0.15) is 0 Å². The molecule has 5 nitrogen and oxygen atoms in total. The number of hydrogen-bond donors (Lipinski definition) is 1. The highest BCUT2D eigenvalue weighted by molar-refractivity contribution is 5.75. The Kier molecular flexibility index (Phi) is 3.98. The highest BCUT2D eigenvalue weighted by Gasteiger charge is 2.21. The minimum absolute atomic E-state index is 0.0806. The Labute approximate surface area is 116 Å². The van der Waals surface area contributed by atoms with Gasteiger partial charge in [-0.3, -0.25) is 14.2 Å². The van der Waals surface area contributed by atoms with Crippen LogP contribution in [0.1, 0.15) is 23.0 Å². The molecule has 0 amide bonds. The smallest absolute Gasteiger partial charge is 0.312 e. The summed E-state index contributed by atoms with van der Waals surface area (Å²) in [6.45, 7) is 3.53. The molecular formula is C15H16N2O3. The first-order valence-electron chi connectivity index (χ1n) is 6.32. The third-order valence-corrected chi connectivity index (χ3v) is 3.19. The maximum atomic E-state index is 12.0. The van der Waals surface area contributed by atoms with Crippen LogP contribution in [0.5, 0.6) is 0 Å². The number of hydrogen-bond acceptors (Lipinski definition) is 3. The number of carboxylic acid groups (broad SMARTS) is 1. The third-order valence-electron chi connectivity index (χ3n) is 3.19. The zero-order chi connectivity index (χ0) is 14.7. The van der Waals surface area contributed by atoms with Crippen molar-refractivity contribution in [2.75, 3.05) is 0 Å². The number of nitrogens with zero attached hydrogens (tertiary/aromatic N) is 2. The summed E-state index contributed by atoms with van der Waals surface area (Å²) in [4.78, 5) is 27.6. The molecule has 20 heavy (non-hydrogen) atoms. The molecule has 1 aromatic carbocycles. The summed E-state index contributed by atoms with van der Waals surface area (Å²) >= 11 is 0. The van der Waals surface area contributed by atoms with Crippen molar-refractivity contribution >= 4 is 5.97 Å². The Morgan fingerprint density at radius 1 is 1.30 bits per heavy atom. The van der Waals surface area contributed by atoms with E-state index in [1.807, 2.05) is 6.07 Å². The summed E-state index contributed by atoms with van der Waals surface area (Å²) in [5, 5.41) is 9.39. The molecule has 0 aliphatic rings. The van der Waals surface area contributed by atoms with E-state index in [0.717, 1.165) is 0 Å². The fraction of sp³-hybridized carbons (Fsp3) is 0.267. The summed E-state index contributed by atoms with van der Waals surface area (Å²) in [7, 11) is 0. The monoisotopic (exact) mass is 272 g/mol. The Morgan fingerprint density at radius 2 is 1.95 bits per heavy atom. The Hall–Kier alpha value is -2.43. The van der Waals surface area contributed by atoms with E-state index in [2.05, 4.69) is 4.98 Å². The predicted octanol–water partition coefficient (Wildman–Crippen LogP) is 1.73.